The smallest absolute Gasteiger partial charge is 0.191 e. The summed E-state index contributed by atoms with van der Waals surface area (Å²) in [5.41, 5.74) is 1.28. The number of hydrogen-bond acceptors (Lipinski definition) is 4. The predicted molar refractivity (Wildman–Crippen MR) is 104 cm³/mol. The Kier molecular flexibility index (Phi) is 7.71. The molecule has 0 amide bonds. The fraction of sp³-hybridized carbons (Fsp3) is 0.611. The van der Waals surface area contributed by atoms with Crippen molar-refractivity contribution in [2.45, 2.75) is 25.8 Å². The lowest BCUT2D eigenvalue weighted by molar-refractivity contribution is 0.251. The Hall–Kier alpha value is -1.60. The molecule has 1 fully saturated rings. The molecule has 1 aliphatic rings. The minimum absolute atomic E-state index is 0.103. The number of nitrogens with zero attached hydrogens (tertiary/aromatic N) is 2. The van der Waals surface area contributed by atoms with Crippen LogP contribution in [0.25, 0.3) is 0 Å². The molecule has 0 saturated carbocycles. The highest BCUT2D eigenvalue weighted by atomic mass is 32.2. The molecular weight excluding hydrogens is 336 g/mol. The topological polar surface area (TPSA) is 73.8 Å². The van der Waals surface area contributed by atoms with E-state index in [1.165, 1.54) is 24.7 Å². The maximum Gasteiger partial charge on any atom is 0.191 e. The minimum atomic E-state index is -2.98. The van der Waals surface area contributed by atoms with Gasteiger partial charge in [0.25, 0.3) is 0 Å². The molecule has 1 heterocycles. The van der Waals surface area contributed by atoms with Crippen LogP contribution in [-0.2, 0) is 9.84 Å². The fourth-order valence-electron chi connectivity index (χ4n) is 3.03. The summed E-state index contributed by atoms with van der Waals surface area (Å²) in [7, 11) is -2.98. The number of hydrogen-bond donors (Lipinski definition) is 2. The van der Waals surface area contributed by atoms with E-state index in [1.807, 2.05) is 13.0 Å². The first kappa shape index (κ1) is 19.7. The number of benzene rings is 1. The van der Waals surface area contributed by atoms with Crippen molar-refractivity contribution in [2.24, 2.45) is 4.99 Å². The first-order valence-electron chi connectivity index (χ1n) is 8.98. The Bertz CT molecular complexity index is 640. The molecule has 6 nitrogen and oxygen atoms in total. The third-order valence-corrected chi connectivity index (χ3v) is 5.24. The lowest BCUT2D eigenvalue weighted by atomic mass is 10.1. The Morgan fingerprint density at radius 1 is 1.20 bits per heavy atom. The molecule has 1 saturated heterocycles. The molecular formula is C18H30N4O2S. The van der Waals surface area contributed by atoms with Gasteiger partial charge >= 0.3 is 0 Å². The van der Waals surface area contributed by atoms with E-state index in [9.17, 15) is 8.42 Å². The highest BCUT2D eigenvalue weighted by Gasteiger charge is 2.23. The summed E-state index contributed by atoms with van der Waals surface area (Å²) in [6.07, 6.45) is 3.72. The minimum Gasteiger partial charge on any atom is -0.357 e. The maximum atomic E-state index is 11.3. The van der Waals surface area contributed by atoms with Crippen LogP contribution in [-0.4, -0.2) is 64.0 Å². The zero-order valence-electron chi connectivity index (χ0n) is 15.2. The zero-order chi connectivity index (χ0) is 18.1. The quantitative estimate of drug-likeness (QED) is 0.538. The molecule has 0 radical (unpaired) electrons. The zero-order valence-corrected chi connectivity index (χ0v) is 16.1. The van der Waals surface area contributed by atoms with E-state index in [2.05, 4.69) is 39.8 Å². The Balaban J connectivity index is 2.04. The molecule has 1 atom stereocenters. The summed E-state index contributed by atoms with van der Waals surface area (Å²) in [5, 5.41) is 6.31. The van der Waals surface area contributed by atoms with Crippen LogP contribution in [0, 0.1) is 0 Å². The molecule has 2 N–H and O–H groups in total. The van der Waals surface area contributed by atoms with E-state index >= 15 is 0 Å². The van der Waals surface area contributed by atoms with Crippen molar-refractivity contribution in [3.63, 3.8) is 0 Å². The molecule has 0 bridgehead atoms. The van der Waals surface area contributed by atoms with Crippen LogP contribution in [0.2, 0.25) is 0 Å². The van der Waals surface area contributed by atoms with Crippen molar-refractivity contribution < 1.29 is 8.42 Å². The summed E-state index contributed by atoms with van der Waals surface area (Å²) < 4.78 is 22.6. The van der Waals surface area contributed by atoms with Gasteiger partial charge in [-0.1, -0.05) is 30.3 Å². The second-order valence-corrected chi connectivity index (χ2v) is 8.71. The van der Waals surface area contributed by atoms with Gasteiger partial charge in [0.2, 0.25) is 0 Å². The first-order chi connectivity index (χ1) is 12.0. The lowest BCUT2D eigenvalue weighted by Crippen LogP contribution is -2.40. The van der Waals surface area contributed by atoms with Crippen LogP contribution in [0.1, 0.15) is 31.4 Å². The molecule has 1 aromatic carbocycles. The van der Waals surface area contributed by atoms with Crippen molar-refractivity contribution in [1.82, 2.24) is 15.5 Å². The number of aliphatic imine (C=N–C) groups is 1. The number of rotatable bonds is 8. The van der Waals surface area contributed by atoms with Crippen molar-refractivity contribution in [2.75, 3.05) is 44.7 Å². The van der Waals surface area contributed by atoms with E-state index in [0.29, 0.717) is 19.0 Å². The van der Waals surface area contributed by atoms with E-state index in [4.69, 9.17) is 4.99 Å². The van der Waals surface area contributed by atoms with E-state index < -0.39 is 9.84 Å². The van der Waals surface area contributed by atoms with Crippen molar-refractivity contribution in [3.8, 4) is 0 Å². The molecule has 2 rings (SSSR count). The highest BCUT2D eigenvalue weighted by Crippen LogP contribution is 2.25. The van der Waals surface area contributed by atoms with Crippen LogP contribution in [0.15, 0.2) is 35.3 Å². The molecule has 7 heteroatoms. The van der Waals surface area contributed by atoms with Crippen LogP contribution in [0.5, 0.6) is 0 Å². The van der Waals surface area contributed by atoms with Crippen LogP contribution >= 0.6 is 0 Å². The second-order valence-electron chi connectivity index (χ2n) is 6.45. The van der Waals surface area contributed by atoms with E-state index in [1.54, 1.807) is 0 Å². The maximum absolute atomic E-state index is 11.3. The molecule has 0 spiro atoms. The monoisotopic (exact) mass is 366 g/mol. The summed E-state index contributed by atoms with van der Waals surface area (Å²) in [5.74, 6) is 0.775. The van der Waals surface area contributed by atoms with Gasteiger partial charge in [-0.3, -0.25) is 9.89 Å². The molecule has 0 aromatic heterocycles. The first-order valence-corrected chi connectivity index (χ1v) is 11.0. The van der Waals surface area contributed by atoms with Gasteiger partial charge in [0.15, 0.2) is 5.96 Å². The van der Waals surface area contributed by atoms with Gasteiger partial charge < -0.3 is 10.6 Å². The number of guanidine groups is 1. The van der Waals surface area contributed by atoms with Gasteiger partial charge in [-0.2, -0.15) is 0 Å². The Labute approximate surface area is 151 Å². The normalized spacial score (nSPS) is 17.4. The van der Waals surface area contributed by atoms with Gasteiger partial charge in [0.1, 0.15) is 9.84 Å². The van der Waals surface area contributed by atoms with Crippen LogP contribution < -0.4 is 10.6 Å². The van der Waals surface area contributed by atoms with Crippen molar-refractivity contribution in [3.05, 3.63) is 35.9 Å². The summed E-state index contributed by atoms with van der Waals surface area (Å²) >= 11 is 0. The number of nitrogens with one attached hydrogen (secondary N) is 2. The standard InChI is InChI=1S/C18H30N4O2S/c1-3-19-18(20-11-14-25(2,23)24)21-15-17(22-12-7-8-13-22)16-9-5-4-6-10-16/h4-6,9-10,17H,3,7-8,11-15H2,1-2H3,(H2,19,20,21). The Morgan fingerprint density at radius 3 is 2.48 bits per heavy atom. The third-order valence-electron chi connectivity index (χ3n) is 4.30. The highest BCUT2D eigenvalue weighted by molar-refractivity contribution is 7.90. The average Bonchev–Trinajstić information content (AvgIpc) is 3.09. The van der Waals surface area contributed by atoms with Crippen LogP contribution in [0.3, 0.4) is 0 Å². The average molecular weight is 367 g/mol. The molecule has 25 heavy (non-hydrogen) atoms. The van der Waals surface area contributed by atoms with Gasteiger partial charge in [-0.25, -0.2) is 8.42 Å². The van der Waals surface area contributed by atoms with Gasteiger partial charge in [0, 0.05) is 19.3 Å². The Morgan fingerprint density at radius 2 is 1.88 bits per heavy atom. The summed E-state index contributed by atoms with van der Waals surface area (Å²) in [6, 6.07) is 10.7. The van der Waals surface area contributed by atoms with E-state index in [-0.39, 0.29) is 11.8 Å². The lowest BCUT2D eigenvalue weighted by Gasteiger charge is -2.27. The predicted octanol–water partition coefficient (Wildman–Crippen LogP) is 1.42. The third kappa shape index (κ3) is 7.04. The van der Waals surface area contributed by atoms with E-state index in [0.717, 1.165) is 19.6 Å². The molecule has 1 unspecified atom stereocenters. The number of sulfone groups is 1. The van der Waals surface area contributed by atoms with Gasteiger partial charge in [0.05, 0.1) is 18.3 Å². The van der Waals surface area contributed by atoms with Gasteiger partial charge in [-0.05, 0) is 38.4 Å². The SMILES string of the molecule is CCNC(=NCC(c1ccccc1)N1CCCC1)NCCS(C)(=O)=O. The molecule has 140 valence electrons. The summed E-state index contributed by atoms with van der Waals surface area (Å²) in [6.45, 7) is 5.97. The van der Waals surface area contributed by atoms with Crippen LogP contribution in [0.4, 0.5) is 0 Å². The molecule has 1 aromatic rings. The largest absolute Gasteiger partial charge is 0.357 e. The van der Waals surface area contributed by atoms with Crippen molar-refractivity contribution >= 4 is 15.8 Å². The molecule has 1 aliphatic heterocycles. The van der Waals surface area contributed by atoms with Gasteiger partial charge in [-0.15, -0.1) is 0 Å². The fourth-order valence-corrected chi connectivity index (χ4v) is 3.51. The van der Waals surface area contributed by atoms with Crippen molar-refractivity contribution in [1.29, 1.82) is 0 Å². The second kappa shape index (κ2) is 9.77. The molecule has 0 aliphatic carbocycles. The summed E-state index contributed by atoms with van der Waals surface area (Å²) in [4.78, 5) is 7.20. The number of likely N-dealkylation sites (tertiary alicyclic amines) is 1.